The van der Waals surface area contributed by atoms with E-state index in [0.29, 0.717) is 11.6 Å². The lowest BCUT2D eigenvalue weighted by Gasteiger charge is -2.05. The highest BCUT2D eigenvalue weighted by Gasteiger charge is 1.96. The van der Waals surface area contributed by atoms with Crippen molar-refractivity contribution in [3.05, 3.63) is 22.9 Å². The lowest BCUT2D eigenvalue weighted by Crippen LogP contribution is -2.08. The fourth-order valence-corrected chi connectivity index (χ4v) is 1.55. The zero-order valence-electron chi connectivity index (χ0n) is 8.28. The zero-order chi connectivity index (χ0) is 11.1. The molecule has 0 aliphatic carbocycles. The molecule has 82 valence electrons. The van der Waals surface area contributed by atoms with E-state index in [2.05, 4.69) is 20.9 Å². The van der Waals surface area contributed by atoms with E-state index in [0.717, 1.165) is 29.5 Å². The molecule has 0 atom stereocenters. The number of unbranched alkanes of at least 4 members (excludes halogenated alkanes) is 1. The summed E-state index contributed by atoms with van der Waals surface area (Å²) in [7, 11) is 0. The van der Waals surface area contributed by atoms with Crippen LogP contribution in [0.1, 0.15) is 19.3 Å². The molecule has 0 saturated heterocycles. The normalized spacial score (nSPS) is 9.93. The molecule has 0 unspecified atom stereocenters. The highest BCUT2D eigenvalue weighted by atomic mass is 79.9. The van der Waals surface area contributed by atoms with Crippen LogP contribution >= 0.6 is 28.1 Å². The van der Waals surface area contributed by atoms with E-state index in [9.17, 15) is 0 Å². The van der Waals surface area contributed by atoms with Gasteiger partial charge in [0.15, 0.2) is 0 Å². The summed E-state index contributed by atoms with van der Waals surface area (Å²) >= 11 is 8.10. The first-order valence-electron chi connectivity index (χ1n) is 4.70. The monoisotopic (exact) mass is 288 g/mol. The minimum absolute atomic E-state index is 0.569. The smallest absolute Gasteiger partial charge is 0.138 e. The van der Waals surface area contributed by atoms with Crippen LogP contribution in [0.3, 0.4) is 0 Å². The van der Waals surface area contributed by atoms with E-state index < -0.39 is 0 Å². The van der Waals surface area contributed by atoms with Crippen LogP contribution in [0.4, 0.5) is 0 Å². The number of rotatable bonds is 6. The topological polar surface area (TPSA) is 48.1 Å². The third-order valence-corrected chi connectivity index (χ3v) is 2.40. The summed E-state index contributed by atoms with van der Waals surface area (Å²) in [4.78, 5) is 4.57. The van der Waals surface area contributed by atoms with Gasteiger partial charge in [-0.25, -0.2) is 0 Å². The summed E-state index contributed by atoms with van der Waals surface area (Å²) in [6, 6.07) is 1.89. The average molecular weight is 289 g/mol. The van der Waals surface area contributed by atoms with Crippen LogP contribution in [0, 0.1) is 0 Å². The van der Waals surface area contributed by atoms with Gasteiger partial charge in [0.05, 0.1) is 17.8 Å². The SMILES string of the molecule is NC(=S)CCCCOc1cncc(Br)c1. The molecule has 1 aromatic heterocycles. The number of ether oxygens (including phenoxy) is 1. The van der Waals surface area contributed by atoms with E-state index in [1.807, 2.05) is 6.07 Å². The summed E-state index contributed by atoms with van der Waals surface area (Å²) in [5.41, 5.74) is 5.38. The minimum Gasteiger partial charge on any atom is -0.492 e. The molecule has 0 amide bonds. The Balaban J connectivity index is 2.17. The number of halogens is 1. The van der Waals surface area contributed by atoms with E-state index in [1.54, 1.807) is 12.4 Å². The average Bonchev–Trinajstić information content (AvgIpc) is 2.17. The minimum atomic E-state index is 0.569. The first-order valence-corrected chi connectivity index (χ1v) is 5.90. The number of thiocarbonyl (C=S) groups is 1. The molecule has 1 rings (SSSR count). The zero-order valence-corrected chi connectivity index (χ0v) is 10.7. The highest BCUT2D eigenvalue weighted by molar-refractivity contribution is 9.10. The van der Waals surface area contributed by atoms with Crippen molar-refractivity contribution >= 4 is 33.1 Å². The van der Waals surface area contributed by atoms with Crippen molar-refractivity contribution in [2.75, 3.05) is 6.61 Å². The maximum Gasteiger partial charge on any atom is 0.138 e. The first-order chi connectivity index (χ1) is 7.18. The van der Waals surface area contributed by atoms with Gasteiger partial charge in [-0.2, -0.15) is 0 Å². The molecule has 0 spiro atoms. The van der Waals surface area contributed by atoms with Crippen molar-refractivity contribution in [3.8, 4) is 5.75 Å². The van der Waals surface area contributed by atoms with Crippen LogP contribution in [0.15, 0.2) is 22.9 Å². The molecule has 2 N–H and O–H groups in total. The molecule has 0 fully saturated rings. The second-order valence-electron chi connectivity index (χ2n) is 3.11. The molecule has 0 aliphatic rings. The van der Waals surface area contributed by atoms with Crippen LogP contribution in [0.5, 0.6) is 5.75 Å². The third kappa shape index (κ3) is 5.69. The predicted molar refractivity (Wildman–Crippen MR) is 68.1 cm³/mol. The quantitative estimate of drug-likeness (QED) is 0.646. The van der Waals surface area contributed by atoms with Crippen LogP contribution < -0.4 is 10.5 Å². The Labute approximate surface area is 103 Å². The molecule has 1 heterocycles. The molecule has 0 radical (unpaired) electrons. The molecular weight excluding hydrogens is 276 g/mol. The Morgan fingerprint density at radius 1 is 1.47 bits per heavy atom. The van der Waals surface area contributed by atoms with Gasteiger partial charge in [-0.1, -0.05) is 12.2 Å². The van der Waals surface area contributed by atoms with E-state index in [4.69, 9.17) is 22.7 Å². The van der Waals surface area contributed by atoms with Gasteiger partial charge >= 0.3 is 0 Å². The number of nitrogens with zero attached hydrogens (tertiary/aromatic N) is 1. The molecule has 15 heavy (non-hydrogen) atoms. The largest absolute Gasteiger partial charge is 0.492 e. The highest BCUT2D eigenvalue weighted by Crippen LogP contribution is 2.15. The Hall–Kier alpha value is -0.680. The summed E-state index contributed by atoms with van der Waals surface area (Å²) in [6.07, 6.45) is 6.12. The summed E-state index contributed by atoms with van der Waals surface area (Å²) < 4.78 is 6.41. The van der Waals surface area contributed by atoms with Crippen LogP contribution in [-0.4, -0.2) is 16.6 Å². The summed E-state index contributed by atoms with van der Waals surface area (Å²) in [5, 5.41) is 0. The lowest BCUT2D eigenvalue weighted by atomic mass is 10.2. The maximum absolute atomic E-state index is 5.49. The Kier molecular flexibility index (Phi) is 5.57. The van der Waals surface area contributed by atoms with Gasteiger partial charge in [-0.3, -0.25) is 4.98 Å². The van der Waals surface area contributed by atoms with Crippen molar-refractivity contribution in [2.45, 2.75) is 19.3 Å². The summed E-state index contributed by atoms with van der Waals surface area (Å²) in [6.45, 7) is 0.667. The Morgan fingerprint density at radius 3 is 2.93 bits per heavy atom. The van der Waals surface area contributed by atoms with Gasteiger partial charge in [0.1, 0.15) is 5.75 Å². The fraction of sp³-hybridized carbons (Fsp3) is 0.400. The number of hydrogen-bond acceptors (Lipinski definition) is 3. The lowest BCUT2D eigenvalue weighted by molar-refractivity contribution is 0.306. The molecular formula is C10H13BrN2OS. The third-order valence-electron chi connectivity index (χ3n) is 1.77. The number of aromatic nitrogens is 1. The van der Waals surface area contributed by atoms with Crippen LogP contribution in [0.2, 0.25) is 0 Å². The molecule has 0 aliphatic heterocycles. The van der Waals surface area contributed by atoms with Crippen molar-refractivity contribution < 1.29 is 4.74 Å². The maximum atomic E-state index is 5.49. The van der Waals surface area contributed by atoms with Crippen molar-refractivity contribution in [1.82, 2.24) is 4.98 Å². The number of pyridine rings is 1. The first kappa shape index (κ1) is 12.4. The van der Waals surface area contributed by atoms with Crippen LogP contribution in [-0.2, 0) is 0 Å². The van der Waals surface area contributed by atoms with E-state index in [1.165, 1.54) is 0 Å². The van der Waals surface area contributed by atoms with Gasteiger partial charge in [-0.05, 0) is 41.3 Å². The van der Waals surface area contributed by atoms with Gasteiger partial charge in [0, 0.05) is 10.7 Å². The van der Waals surface area contributed by atoms with Gasteiger partial charge in [0.25, 0.3) is 0 Å². The molecule has 3 nitrogen and oxygen atoms in total. The second kappa shape index (κ2) is 6.74. The van der Waals surface area contributed by atoms with Crippen molar-refractivity contribution in [1.29, 1.82) is 0 Å². The molecule has 1 aromatic rings. The predicted octanol–water partition coefficient (Wildman–Crippen LogP) is 2.68. The van der Waals surface area contributed by atoms with Crippen LogP contribution in [0.25, 0.3) is 0 Å². The van der Waals surface area contributed by atoms with Gasteiger partial charge in [-0.15, -0.1) is 0 Å². The van der Waals surface area contributed by atoms with Gasteiger partial charge < -0.3 is 10.5 Å². The molecule has 0 aromatic carbocycles. The fourth-order valence-electron chi connectivity index (χ4n) is 1.06. The number of hydrogen-bond donors (Lipinski definition) is 1. The Morgan fingerprint density at radius 2 is 2.27 bits per heavy atom. The second-order valence-corrected chi connectivity index (χ2v) is 4.55. The van der Waals surface area contributed by atoms with Gasteiger partial charge in [0.2, 0.25) is 0 Å². The Bertz CT molecular complexity index is 333. The van der Waals surface area contributed by atoms with Crippen molar-refractivity contribution in [2.24, 2.45) is 5.73 Å². The van der Waals surface area contributed by atoms with E-state index in [-0.39, 0.29) is 0 Å². The molecule has 0 bridgehead atoms. The number of nitrogens with two attached hydrogens (primary N) is 1. The standard InChI is InChI=1S/C10H13BrN2OS/c11-8-5-9(7-13-6-8)14-4-2-1-3-10(12)15/h5-7H,1-4H2,(H2,12,15). The molecule has 5 heteroatoms. The molecule has 0 saturated carbocycles. The van der Waals surface area contributed by atoms with Crippen molar-refractivity contribution in [3.63, 3.8) is 0 Å². The summed E-state index contributed by atoms with van der Waals surface area (Å²) in [5.74, 6) is 0.778. The van der Waals surface area contributed by atoms with E-state index >= 15 is 0 Å².